The van der Waals surface area contributed by atoms with Gasteiger partial charge in [-0.2, -0.15) is 0 Å². The van der Waals surface area contributed by atoms with Crippen LogP contribution in [0.3, 0.4) is 0 Å². The third-order valence-corrected chi connectivity index (χ3v) is 3.78. The molecule has 4 heteroatoms. The number of benzene rings is 1. The van der Waals surface area contributed by atoms with Gasteiger partial charge in [0.05, 0.1) is 12.6 Å². The van der Waals surface area contributed by atoms with Crippen LogP contribution in [-0.4, -0.2) is 29.8 Å². The van der Waals surface area contributed by atoms with Crippen LogP contribution in [0.4, 0.5) is 5.95 Å². The van der Waals surface area contributed by atoms with Crippen LogP contribution in [0.25, 0.3) is 0 Å². The van der Waals surface area contributed by atoms with E-state index in [0.717, 1.165) is 18.9 Å². The molecule has 2 unspecified atom stereocenters. The molecule has 0 aliphatic carbocycles. The molecule has 21 heavy (non-hydrogen) atoms. The summed E-state index contributed by atoms with van der Waals surface area (Å²) in [5.41, 5.74) is 1.38. The van der Waals surface area contributed by atoms with E-state index in [0.29, 0.717) is 12.5 Å². The van der Waals surface area contributed by atoms with Gasteiger partial charge in [0, 0.05) is 26.0 Å². The predicted molar refractivity (Wildman–Crippen MR) is 86.8 cm³/mol. The summed E-state index contributed by atoms with van der Waals surface area (Å²) in [5.74, 6) is 1.46. The molecule has 1 N–H and O–H groups in total. The van der Waals surface area contributed by atoms with E-state index in [-0.39, 0.29) is 6.04 Å². The van der Waals surface area contributed by atoms with Crippen molar-refractivity contribution in [3.63, 3.8) is 0 Å². The van der Waals surface area contributed by atoms with E-state index in [2.05, 4.69) is 59.0 Å². The van der Waals surface area contributed by atoms with Crippen LogP contribution < -0.4 is 5.32 Å². The van der Waals surface area contributed by atoms with Gasteiger partial charge in [0.2, 0.25) is 5.95 Å². The van der Waals surface area contributed by atoms with Crippen LogP contribution in [0.15, 0.2) is 42.7 Å². The van der Waals surface area contributed by atoms with Gasteiger partial charge in [0.15, 0.2) is 0 Å². The number of anilines is 1. The zero-order valence-corrected chi connectivity index (χ0v) is 13.1. The first-order valence-corrected chi connectivity index (χ1v) is 7.53. The highest BCUT2D eigenvalue weighted by Crippen LogP contribution is 2.19. The second-order valence-corrected chi connectivity index (χ2v) is 5.49. The Hall–Kier alpha value is -1.81. The summed E-state index contributed by atoms with van der Waals surface area (Å²) in [5, 5.41) is 3.43. The summed E-state index contributed by atoms with van der Waals surface area (Å²) in [6.07, 6.45) is 4.90. The van der Waals surface area contributed by atoms with Crippen molar-refractivity contribution in [2.24, 2.45) is 0 Å². The van der Waals surface area contributed by atoms with Gasteiger partial charge in [-0.15, -0.1) is 0 Å². The molecular weight excluding hydrogens is 262 g/mol. The van der Waals surface area contributed by atoms with Crippen LogP contribution in [0.2, 0.25) is 0 Å². The molecule has 0 radical (unpaired) electrons. The minimum absolute atomic E-state index is 0.284. The number of ether oxygens (including phenoxy) is 1. The standard InChI is InChI=1S/C17H25N3O/c1-14(16-7-5-4-6-8-16)9-10-18-17-19-11-12-20(17)15(2)13-21-3/h4-8,11-12,14-15H,9-10,13H2,1-3H3,(H,18,19). The molecule has 0 aliphatic heterocycles. The Morgan fingerprint density at radius 1 is 1.24 bits per heavy atom. The lowest BCUT2D eigenvalue weighted by molar-refractivity contribution is 0.163. The van der Waals surface area contributed by atoms with Crippen LogP contribution in [0, 0.1) is 0 Å². The third-order valence-electron chi connectivity index (χ3n) is 3.78. The zero-order chi connectivity index (χ0) is 15.1. The Kier molecular flexibility index (Phi) is 5.81. The average molecular weight is 287 g/mol. The van der Waals surface area contributed by atoms with Gasteiger partial charge in [-0.1, -0.05) is 37.3 Å². The maximum atomic E-state index is 5.21. The summed E-state index contributed by atoms with van der Waals surface area (Å²) < 4.78 is 7.33. The second-order valence-electron chi connectivity index (χ2n) is 5.49. The molecule has 2 rings (SSSR count). The van der Waals surface area contributed by atoms with E-state index in [1.54, 1.807) is 7.11 Å². The Bertz CT molecular complexity index is 524. The molecule has 0 saturated heterocycles. The minimum Gasteiger partial charge on any atom is -0.383 e. The normalized spacial score (nSPS) is 13.9. The SMILES string of the molecule is COCC(C)n1ccnc1NCCC(C)c1ccccc1. The van der Waals surface area contributed by atoms with Crippen LogP contribution in [0.1, 0.15) is 37.8 Å². The first-order valence-electron chi connectivity index (χ1n) is 7.53. The quantitative estimate of drug-likeness (QED) is 0.804. The third kappa shape index (κ3) is 4.33. The molecule has 114 valence electrons. The number of nitrogens with zero attached hydrogens (tertiary/aromatic N) is 2. The van der Waals surface area contributed by atoms with Crippen molar-refractivity contribution in [3.05, 3.63) is 48.3 Å². The van der Waals surface area contributed by atoms with Crippen molar-refractivity contribution in [1.29, 1.82) is 0 Å². The molecule has 0 aliphatic rings. The Labute approximate surface area is 127 Å². The molecule has 4 nitrogen and oxygen atoms in total. The lowest BCUT2D eigenvalue weighted by Crippen LogP contribution is -2.15. The zero-order valence-electron chi connectivity index (χ0n) is 13.1. The van der Waals surface area contributed by atoms with E-state index in [4.69, 9.17) is 4.74 Å². The van der Waals surface area contributed by atoms with Gasteiger partial charge in [-0.25, -0.2) is 4.98 Å². The summed E-state index contributed by atoms with van der Waals surface area (Å²) in [4.78, 5) is 4.39. The lowest BCUT2D eigenvalue weighted by Gasteiger charge is -2.17. The van der Waals surface area contributed by atoms with Crippen molar-refractivity contribution in [2.75, 3.05) is 25.6 Å². The van der Waals surface area contributed by atoms with E-state index < -0.39 is 0 Å². The first kappa shape index (κ1) is 15.6. The number of hydrogen-bond acceptors (Lipinski definition) is 3. The number of nitrogens with one attached hydrogen (secondary N) is 1. The smallest absolute Gasteiger partial charge is 0.203 e. The number of rotatable bonds is 8. The summed E-state index contributed by atoms with van der Waals surface area (Å²) >= 11 is 0. The Balaban J connectivity index is 1.85. The maximum absolute atomic E-state index is 5.21. The summed E-state index contributed by atoms with van der Waals surface area (Å²) in [6, 6.07) is 10.9. The Morgan fingerprint density at radius 3 is 2.71 bits per heavy atom. The van der Waals surface area contributed by atoms with Crippen molar-refractivity contribution >= 4 is 5.95 Å². The monoisotopic (exact) mass is 287 g/mol. The van der Waals surface area contributed by atoms with Crippen LogP contribution >= 0.6 is 0 Å². The fourth-order valence-corrected chi connectivity index (χ4v) is 2.48. The molecule has 1 aromatic heterocycles. The summed E-state index contributed by atoms with van der Waals surface area (Å²) in [6.45, 7) is 5.98. The molecule has 2 aromatic rings. The number of aromatic nitrogens is 2. The highest BCUT2D eigenvalue weighted by Gasteiger charge is 2.10. The molecule has 0 amide bonds. The van der Waals surface area contributed by atoms with E-state index in [1.807, 2.05) is 12.4 Å². The van der Waals surface area contributed by atoms with Gasteiger partial charge in [0.25, 0.3) is 0 Å². The number of imidazole rings is 1. The van der Waals surface area contributed by atoms with Gasteiger partial charge in [0.1, 0.15) is 0 Å². The molecular formula is C17H25N3O. The van der Waals surface area contributed by atoms with Gasteiger partial charge in [-0.05, 0) is 24.8 Å². The van der Waals surface area contributed by atoms with Crippen molar-refractivity contribution < 1.29 is 4.74 Å². The molecule has 0 fully saturated rings. The van der Waals surface area contributed by atoms with E-state index in [9.17, 15) is 0 Å². The van der Waals surface area contributed by atoms with Gasteiger partial charge < -0.3 is 14.6 Å². The van der Waals surface area contributed by atoms with E-state index >= 15 is 0 Å². The predicted octanol–water partition coefficient (Wildman–Crippen LogP) is 3.70. The molecule has 2 atom stereocenters. The highest BCUT2D eigenvalue weighted by atomic mass is 16.5. The fraction of sp³-hybridized carbons (Fsp3) is 0.471. The van der Waals surface area contributed by atoms with Gasteiger partial charge in [-0.3, -0.25) is 0 Å². The number of methoxy groups -OCH3 is 1. The average Bonchev–Trinajstić information content (AvgIpc) is 2.97. The molecule has 0 saturated carbocycles. The second kappa shape index (κ2) is 7.84. The minimum atomic E-state index is 0.284. The maximum Gasteiger partial charge on any atom is 0.203 e. The lowest BCUT2D eigenvalue weighted by atomic mass is 9.98. The van der Waals surface area contributed by atoms with Crippen molar-refractivity contribution in [1.82, 2.24) is 9.55 Å². The summed E-state index contributed by atoms with van der Waals surface area (Å²) in [7, 11) is 1.72. The van der Waals surface area contributed by atoms with Crippen molar-refractivity contribution in [2.45, 2.75) is 32.2 Å². The molecule has 0 spiro atoms. The first-order chi connectivity index (χ1) is 10.2. The molecule has 1 heterocycles. The van der Waals surface area contributed by atoms with Gasteiger partial charge >= 0.3 is 0 Å². The van der Waals surface area contributed by atoms with Crippen LogP contribution in [0.5, 0.6) is 0 Å². The molecule has 0 bridgehead atoms. The Morgan fingerprint density at radius 2 is 2.00 bits per heavy atom. The van der Waals surface area contributed by atoms with Crippen molar-refractivity contribution in [3.8, 4) is 0 Å². The van der Waals surface area contributed by atoms with E-state index in [1.165, 1.54) is 5.56 Å². The number of hydrogen-bond donors (Lipinski definition) is 1. The largest absolute Gasteiger partial charge is 0.383 e. The highest BCUT2D eigenvalue weighted by molar-refractivity contribution is 5.27. The van der Waals surface area contributed by atoms with Crippen LogP contribution in [-0.2, 0) is 4.74 Å². The fourth-order valence-electron chi connectivity index (χ4n) is 2.48. The topological polar surface area (TPSA) is 39.1 Å². The molecule has 1 aromatic carbocycles.